The minimum atomic E-state index is -0.0925. The van der Waals surface area contributed by atoms with Gasteiger partial charge in [0.2, 0.25) is 5.88 Å². The molecule has 1 unspecified atom stereocenters. The first-order valence-corrected chi connectivity index (χ1v) is 4.98. The number of hydrogen-bond acceptors (Lipinski definition) is 3. The monoisotopic (exact) mass is 208 g/mol. The molecule has 0 saturated heterocycles. The molecule has 1 aromatic heterocycles. The molecule has 0 bridgehead atoms. The van der Waals surface area contributed by atoms with E-state index in [4.69, 9.17) is 4.74 Å². The standard InChI is InChI=1S/C11H16N2O2/c1-4-8(2)13-11(14)9-5-6-12-10(7-9)15-3/h5-8H,4H2,1-3H3,(H,13,14). The van der Waals surface area contributed by atoms with Crippen LogP contribution in [0.15, 0.2) is 18.3 Å². The first-order chi connectivity index (χ1) is 7.17. The fourth-order valence-corrected chi connectivity index (χ4v) is 1.07. The maximum absolute atomic E-state index is 11.7. The Labute approximate surface area is 89.7 Å². The summed E-state index contributed by atoms with van der Waals surface area (Å²) in [6.07, 6.45) is 2.47. The van der Waals surface area contributed by atoms with Gasteiger partial charge in [-0.05, 0) is 19.4 Å². The number of ether oxygens (including phenoxy) is 1. The van der Waals surface area contributed by atoms with E-state index >= 15 is 0 Å². The van der Waals surface area contributed by atoms with Gasteiger partial charge in [-0.15, -0.1) is 0 Å². The average Bonchev–Trinajstić information content (AvgIpc) is 2.28. The lowest BCUT2D eigenvalue weighted by molar-refractivity contribution is 0.0938. The van der Waals surface area contributed by atoms with Gasteiger partial charge in [-0.3, -0.25) is 4.79 Å². The summed E-state index contributed by atoms with van der Waals surface area (Å²) < 4.78 is 4.95. The van der Waals surface area contributed by atoms with Crippen molar-refractivity contribution < 1.29 is 9.53 Å². The number of carbonyl (C=O) groups is 1. The van der Waals surface area contributed by atoms with E-state index in [-0.39, 0.29) is 11.9 Å². The van der Waals surface area contributed by atoms with E-state index in [0.717, 1.165) is 6.42 Å². The lowest BCUT2D eigenvalue weighted by atomic mass is 10.2. The Morgan fingerprint density at radius 3 is 3.00 bits per heavy atom. The van der Waals surface area contributed by atoms with Gasteiger partial charge in [-0.1, -0.05) is 6.92 Å². The van der Waals surface area contributed by atoms with Crippen molar-refractivity contribution in [1.29, 1.82) is 0 Å². The number of carbonyl (C=O) groups excluding carboxylic acids is 1. The summed E-state index contributed by atoms with van der Waals surface area (Å²) in [6.45, 7) is 3.99. The summed E-state index contributed by atoms with van der Waals surface area (Å²) in [5, 5.41) is 2.87. The Morgan fingerprint density at radius 1 is 1.67 bits per heavy atom. The van der Waals surface area contributed by atoms with Crippen LogP contribution in [-0.2, 0) is 0 Å². The molecular formula is C11H16N2O2. The second-order valence-corrected chi connectivity index (χ2v) is 3.37. The molecule has 0 spiro atoms. The highest BCUT2D eigenvalue weighted by Crippen LogP contribution is 2.08. The molecule has 1 atom stereocenters. The minimum Gasteiger partial charge on any atom is -0.481 e. The van der Waals surface area contributed by atoms with Crippen LogP contribution in [0.3, 0.4) is 0 Å². The molecular weight excluding hydrogens is 192 g/mol. The molecule has 82 valence electrons. The highest BCUT2D eigenvalue weighted by atomic mass is 16.5. The van der Waals surface area contributed by atoms with Crippen LogP contribution in [0.1, 0.15) is 30.6 Å². The predicted molar refractivity (Wildman–Crippen MR) is 58.0 cm³/mol. The largest absolute Gasteiger partial charge is 0.481 e. The number of methoxy groups -OCH3 is 1. The minimum absolute atomic E-state index is 0.0925. The van der Waals surface area contributed by atoms with Crippen molar-refractivity contribution in [2.45, 2.75) is 26.3 Å². The van der Waals surface area contributed by atoms with Gasteiger partial charge in [0.05, 0.1) is 7.11 Å². The van der Waals surface area contributed by atoms with Crippen molar-refractivity contribution in [3.63, 3.8) is 0 Å². The maximum Gasteiger partial charge on any atom is 0.251 e. The molecule has 15 heavy (non-hydrogen) atoms. The Hall–Kier alpha value is -1.58. The summed E-state index contributed by atoms with van der Waals surface area (Å²) in [7, 11) is 1.53. The molecule has 4 nitrogen and oxygen atoms in total. The van der Waals surface area contributed by atoms with Crippen LogP contribution in [0, 0.1) is 0 Å². The molecule has 1 rings (SSSR count). The van der Waals surface area contributed by atoms with E-state index in [2.05, 4.69) is 10.3 Å². The molecule has 0 aliphatic heterocycles. The van der Waals surface area contributed by atoms with Crippen LogP contribution in [0.2, 0.25) is 0 Å². The number of amides is 1. The number of nitrogens with zero attached hydrogens (tertiary/aromatic N) is 1. The second-order valence-electron chi connectivity index (χ2n) is 3.37. The van der Waals surface area contributed by atoms with Crippen LogP contribution < -0.4 is 10.1 Å². The van der Waals surface area contributed by atoms with Crippen molar-refractivity contribution in [3.8, 4) is 5.88 Å². The van der Waals surface area contributed by atoms with Crippen molar-refractivity contribution in [3.05, 3.63) is 23.9 Å². The second kappa shape index (κ2) is 5.34. The third-order valence-corrected chi connectivity index (χ3v) is 2.20. The summed E-state index contributed by atoms with van der Waals surface area (Å²) in [4.78, 5) is 15.6. The Balaban J connectivity index is 2.73. The molecule has 0 aliphatic carbocycles. The van der Waals surface area contributed by atoms with E-state index < -0.39 is 0 Å². The highest BCUT2D eigenvalue weighted by Gasteiger charge is 2.09. The first kappa shape index (κ1) is 11.5. The van der Waals surface area contributed by atoms with E-state index in [0.29, 0.717) is 11.4 Å². The average molecular weight is 208 g/mol. The van der Waals surface area contributed by atoms with Crippen LogP contribution in [-0.4, -0.2) is 24.0 Å². The quantitative estimate of drug-likeness (QED) is 0.818. The topological polar surface area (TPSA) is 51.2 Å². The molecule has 0 radical (unpaired) electrons. The Bertz CT molecular complexity index is 339. The van der Waals surface area contributed by atoms with Crippen molar-refractivity contribution in [2.24, 2.45) is 0 Å². The lowest BCUT2D eigenvalue weighted by Crippen LogP contribution is -2.31. The van der Waals surface area contributed by atoms with Gasteiger partial charge >= 0.3 is 0 Å². The smallest absolute Gasteiger partial charge is 0.251 e. The molecule has 0 aromatic carbocycles. The summed E-state index contributed by atoms with van der Waals surface area (Å²) in [6, 6.07) is 3.47. The molecule has 4 heteroatoms. The predicted octanol–water partition coefficient (Wildman–Crippen LogP) is 1.62. The third-order valence-electron chi connectivity index (χ3n) is 2.20. The van der Waals surface area contributed by atoms with Gasteiger partial charge in [-0.25, -0.2) is 4.98 Å². The zero-order valence-electron chi connectivity index (χ0n) is 9.28. The molecule has 0 saturated carbocycles. The summed E-state index contributed by atoms with van der Waals surface area (Å²) in [5.74, 6) is 0.358. The van der Waals surface area contributed by atoms with Crippen molar-refractivity contribution >= 4 is 5.91 Å². The highest BCUT2D eigenvalue weighted by molar-refractivity contribution is 5.94. The van der Waals surface area contributed by atoms with E-state index in [9.17, 15) is 4.79 Å². The van der Waals surface area contributed by atoms with Crippen LogP contribution in [0.4, 0.5) is 0 Å². The summed E-state index contributed by atoms with van der Waals surface area (Å²) >= 11 is 0. The molecule has 1 amide bonds. The lowest BCUT2D eigenvalue weighted by Gasteiger charge is -2.11. The fraction of sp³-hybridized carbons (Fsp3) is 0.455. The van der Waals surface area contributed by atoms with Crippen LogP contribution in [0.5, 0.6) is 5.88 Å². The van der Waals surface area contributed by atoms with Gasteiger partial charge in [0.15, 0.2) is 0 Å². The van der Waals surface area contributed by atoms with Crippen LogP contribution in [0.25, 0.3) is 0 Å². The number of hydrogen-bond donors (Lipinski definition) is 1. The third kappa shape index (κ3) is 3.23. The summed E-state index contributed by atoms with van der Waals surface area (Å²) in [5.41, 5.74) is 0.571. The zero-order chi connectivity index (χ0) is 11.3. The number of aromatic nitrogens is 1. The van der Waals surface area contributed by atoms with Crippen molar-refractivity contribution in [2.75, 3.05) is 7.11 Å². The SMILES string of the molecule is CCC(C)NC(=O)c1ccnc(OC)c1. The van der Waals surface area contributed by atoms with Gasteiger partial charge in [0, 0.05) is 23.9 Å². The number of rotatable bonds is 4. The number of nitrogens with one attached hydrogen (secondary N) is 1. The molecule has 0 fully saturated rings. The first-order valence-electron chi connectivity index (χ1n) is 4.98. The normalized spacial score (nSPS) is 11.9. The van der Waals surface area contributed by atoms with E-state index in [1.54, 1.807) is 18.3 Å². The molecule has 1 N–H and O–H groups in total. The maximum atomic E-state index is 11.7. The Morgan fingerprint density at radius 2 is 2.40 bits per heavy atom. The van der Waals surface area contributed by atoms with Gasteiger partial charge in [0.25, 0.3) is 5.91 Å². The van der Waals surface area contributed by atoms with Crippen LogP contribution >= 0.6 is 0 Å². The van der Waals surface area contributed by atoms with Crippen molar-refractivity contribution in [1.82, 2.24) is 10.3 Å². The Kier molecular flexibility index (Phi) is 4.09. The van der Waals surface area contributed by atoms with Gasteiger partial charge in [0.1, 0.15) is 0 Å². The zero-order valence-corrected chi connectivity index (χ0v) is 9.28. The number of pyridine rings is 1. The van der Waals surface area contributed by atoms with Gasteiger partial charge in [-0.2, -0.15) is 0 Å². The van der Waals surface area contributed by atoms with E-state index in [1.807, 2.05) is 13.8 Å². The molecule has 1 aromatic rings. The fourth-order valence-electron chi connectivity index (χ4n) is 1.07. The molecule has 0 aliphatic rings. The molecule has 1 heterocycles. The van der Waals surface area contributed by atoms with E-state index in [1.165, 1.54) is 7.11 Å². The van der Waals surface area contributed by atoms with Gasteiger partial charge < -0.3 is 10.1 Å².